The van der Waals surface area contributed by atoms with Crippen molar-refractivity contribution in [3.63, 3.8) is 0 Å². The zero-order valence-corrected chi connectivity index (χ0v) is 16.0. The highest BCUT2D eigenvalue weighted by Gasteiger charge is 2.64. The van der Waals surface area contributed by atoms with Crippen LogP contribution in [-0.2, 0) is 18.4 Å². The molecule has 1 fully saturated rings. The fourth-order valence-electron chi connectivity index (χ4n) is 6.08. The zero-order chi connectivity index (χ0) is 18.9. The second kappa shape index (κ2) is 5.85. The van der Waals surface area contributed by atoms with Crippen molar-refractivity contribution in [1.29, 1.82) is 0 Å². The summed E-state index contributed by atoms with van der Waals surface area (Å²) in [5.41, 5.74) is 3.68. The lowest BCUT2D eigenvalue weighted by Gasteiger charge is -2.56. The lowest BCUT2D eigenvalue weighted by Crippen LogP contribution is -2.64. The third-order valence-corrected chi connectivity index (χ3v) is 7.37. The first-order valence-corrected chi connectivity index (χ1v) is 10.2. The van der Waals surface area contributed by atoms with Crippen LogP contribution in [0.1, 0.15) is 23.1 Å². The van der Waals surface area contributed by atoms with Gasteiger partial charge in [0.05, 0.1) is 0 Å². The second-order valence-corrected chi connectivity index (χ2v) is 8.68. The molecule has 0 radical (unpaired) electrons. The maximum atomic E-state index is 10.8. The SMILES string of the molecule is CN1CC[C@]23c4c5ccc(OCc6ccccc6)c4O[C@H]2[C@@H](O)C=CC3[C@H]1C5. The first kappa shape index (κ1) is 16.6. The van der Waals surface area contributed by atoms with Crippen LogP contribution in [0.2, 0.25) is 0 Å². The van der Waals surface area contributed by atoms with E-state index in [0.717, 1.165) is 36.4 Å². The number of aliphatic hydroxyl groups excluding tert-OH is 1. The Morgan fingerprint density at radius 3 is 2.89 bits per heavy atom. The maximum absolute atomic E-state index is 10.8. The predicted molar refractivity (Wildman–Crippen MR) is 107 cm³/mol. The first-order valence-electron chi connectivity index (χ1n) is 10.2. The van der Waals surface area contributed by atoms with Crippen molar-refractivity contribution in [2.45, 2.75) is 43.1 Å². The van der Waals surface area contributed by atoms with Gasteiger partial charge in [0, 0.05) is 22.9 Å². The Bertz CT molecular complexity index is 956. The fourth-order valence-corrected chi connectivity index (χ4v) is 6.08. The number of piperidine rings is 1. The number of hydrogen-bond acceptors (Lipinski definition) is 4. The van der Waals surface area contributed by atoms with E-state index in [4.69, 9.17) is 9.47 Å². The minimum Gasteiger partial charge on any atom is -0.485 e. The molecule has 4 nitrogen and oxygen atoms in total. The van der Waals surface area contributed by atoms with Crippen molar-refractivity contribution in [2.24, 2.45) is 5.92 Å². The number of benzene rings is 2. The van der Waals surface area contributed by atoms with Crippen molar-refractivity contribution in [2.75, 3.05) is 13.6 Å². The Kier molecular flexibility index (Phi) is 3.48. The van der Waals surface area contributed by atoms with E-state index in [9.17, 15) is 5.11 Å². The summed E-state index contributed by atoms with van der Waals surface area (Å²) in [6.07, 6.45) is 5.45. The summed E-state index contributed by atoms with van der Waals surface area (Å²) in [5, 5.41) is 10.8. The van der Waals surface area contributed by atoms with Gasteiger partial charge in [0.1, 0.15) is 18.8 Å². The molecule has 144 valence electrons. The standard InChI is InChI=1S/C24H25NO3/c1-25-12-11-24-17-8-9-19(26)23(24)28-22-20(27-14-15-5-3-2-4-6-15)10-7-16(21(22)24)13-18(17)25/h2-10,17-19,23,26H,11-14H2,1H3/t17?,18-,19+,23+,24+/m1/s1. The lowest BCUT2D eigenvalue weighted by molar-refractivity contribution is -0.0454. The Hall–Kier alpha value is -2.30. The van der Waals surface area contributed by atoms with Gasteiger partial charge in [-0.2, -0.15) is 0 Å². The van der Waals surface area contributed by atoms with E-state index in [-0.39, 0.29) is 11.5 Å². The van der Waals surface area contributed by atoms with E-state index >= 15 is 0 Å². The summed E-state index contributed by atoms with van der Waals surface area (Å²) >= 11 is 0. The highest BCUT2D eigenvalue weighted by atomic mass is 16.5. The average Bonchev–Trinajstić information content (AvgIpc) is 3.07. The normalized spacial score (nSPS) is 34.6. The molecule has 1 unspecified atom stereocenters. The predicted octanol–water partition coefficient (Wildman–Crippen LogP) is 3.07. The highest BCUT2D eigenvalue weighted by molar-refractivity contribution is 5.62. The summed E-state index contributed by atoms with van der Waals surface area (Å²) < 4.78 is 12.7. The van der Waals surface area contributed by atoms with Crippen molar-refractivity contribution < 1.29 is 14.6 Å². The monoisotopic (exact) mass is 375 g/mol. The molecule has 1 saturated heterocycles. The van der Waals surface area contributed by atoms with E-state index in [0.29, 0.717) is 18.6 Å². The molecule has 1 spiro atoms. The molecule has 2 aliphatic heterocycles. The van der Waals surface area contributed by atoms with Crippen molar-refractivity contribution in [3.05, 3.63) is 71.3 Å². The van der Waals surface area contributed by atoms with E-state index < -0.39 is 6.10 Å². The van der Waals surface area contributed by atoms with E-state index in [1.807, 2.05) is 24.3 Å². The van der Waals surface area contributed by atoms with Gasteiger partial charge in [0.25, 0.3) is 0 Å². The van der Waals surface area contributed by atoms with Gasteiger partial charge in [-0.05, 0) is 43.6 Å². The smallest absolute Gasteiger partial charge is 0.166 e. The Morgan fingerprint density at radius 1 is 1.18 bits per heavy atom. The minimum absolute atomic E-state index is 0.125. The van der Waals surface area contributed by atoms with Crippen LogP contribution in [0.4, 0.5) is 0 Å². The largest absolute Gasteiger partial charge is 0.485 e. The zero-order valence-electron chi connectivity index (χ0n) is 16.0. The molecule has 28 heavy (non-hydrogen) atoms. The molecule has 2 heterocycles. The van der Waals surface area contributed by atoms with Crippen LogP contribution < -0.4 is 9.47 Å². The Balaban J connectivity index is 1.45. The van der Waals surface area contributed by atoms with Gasteiger partial charge in [-0.25, -0.2) is 0 Å². The molecule has 6 rings (SSSR count). The van der Waals surface area contributed by atoms with Gasteiger partial charge in [-0.3, -0.25) is 0 Å². The molecule has 0 amide bonds. The number of likely N-dealkylation sites (tertiary alicyclic amines) is 1. The molecule has 2 aromatic carbocycles. The van der Waals surface area contributed by atoms with Gasteiger partial charge in [0.15, 0.2) is 11.5 Å². The van der Waals surface area contributed by atoms with E-state index in [1.54, 1.807) is 0 Å². The number of aliphatic hydroxyl groups is 1. The van der Waals surface area contributed by atoms with Crippen LogP contribution in [0.15, 0.2) is 54.6 Å². The summed E-state index contributed by atoms with van der Waals surface area (Å²) in [6.45, 7) is 1.55. The van der Waals surface area contributed by atoms with Crippen LogP contribution in [-0.4, -0.2) is 41.8 Å². The molecule has 2 aromatic rings. The molecule has 0 aromatic heterocycles. The summed E-state index contributed by atoms with van der Waals surface area (Å²) in [4.78, 5) is 2.48. The van der Waals surface area contributed by atoms with E-state index in [1.165, 1.54) is 11.1 Å². The molecule has 2 bridgehead atoms. The van der Waals surface area contributed by atoms with Crippen molar-refractivity contribution in [1.82, 2.24) is 4.90 Å². The third-order valence-electron chi connectivity index (χ3n) is 7.37. The van der Waals surface area contributed by atoms with Crippen molar-refractivity contribution in [3.8, 4) is 11.5 Å². The summed E-state index contributed by atoms with van der Waals surface area (Å²) in [7, 11) is 2.23. The second-order valence-electron chi connectivity index (χ2n) is 8.68. The minimum atomic E-state index is -0.569. The topological polar surface area (TPSA) is 41.9 Å². The Morgan fingerprint density at radius 2 is 2.04 bits per heavy atom. The summed E-state index contributed by atoms with van der Waals surface area (Å²) in [6, 6.07) is 15.0. The average molecular weight is 375 g/mol. The fraction of sp³-hybridized carbons (Fsp3) is 0.417. The number of likely N-dealkylation sites (N-methyl/N-ethyl adjacent to an activating group) is 1. The first-order chi connectivity index (χ1) is 13.7. The van der Waals surface area contributed by atoms with E-state index in [2.05, 4.69) is 42.3 Å². The van der Waals surface area contributed by atoms with Crippen LogP contribution in [0.5, 0.6) is 11.5 Å². The quantitative estimate of drug-likeness (QED) is 0.838. The van der Waals surface area contributed by atoms with Gasteiger partial charge < -0.3 is 19.5 Å². The third kappa shape index (κ3) is 2.08. The lowest BCUT2D eigenvalue weighted by atomic mass is 9.53. The van der Waals surface area contributed by atoms with Gasteiger partial charge >= 0.3 is 0 Å². The molecule has 4 aliphatic rings. The van der Waals surface area contributed by atoms with Gasteiger partial charge in [-0.15, -0.1) is 0 Å². The molecular formula is C24H25NO3. The van der Waals surface area contributed by atoms with Gasteiger partial charge in [-0.1, -0.05) is 48.6 Å². The molecule has 4 heteroatoms. The number of rotatable bonds is 3. The molecule has 1 N–H and O–H groups in total. The Labute approximate surface area is 165 Å². The van der Waals surface area contributed by atoms with Crippen LogP contribution >= 0.6 is 0 Å². The van der Waals surface area contributed by atoms with Crippen LogP contribution in [0.25, 0.3) is 0 Å². The number of hydrogen-bond donors (Lipinski definition) is 1. The van der Waals surface area contributed by atoms with Crippen LogP contribution in [0.3, 0.4) is 0 Å². The molecule has 0 saturated carbocycles. The maximum Gasteiger partial charge on any atom is 0.166 e. The molecule has 2 aliphatic carbocycles. The summed E-state index contributed by atoms with van der Waals surface area (Å²) in [5.74, 6) is 2.06. The number of ether oxygens (including phenoxy) is 2. The highest BCUT2D eigenvalue weighted by Crippen LogP contribution is 2.62. The van der Waals surface area contributed by atoms with Crippen molar-refractivity contribution >= 4 is 0 Å². The number of nitrogens with zero attached hydrogens (tertiary/aromatic N) is 1. The van der Waals surface area contributed by atoms with Gasteiger partial charge in [0.2, 0.25) is 0 Å². The van der Waals surface area contributed by atoms with Crippen LogP contribution in [0, 0.1) is 5.92 Å². The molecule has 5 atom stereocenters. The molecular weight excluding hydrogens is 350 g/mol.